The van der Waals surface area contributed by atoms with E-state index in [0.29, 0.717) is 23.0 Å². The molecule has 2 aromatic heterocycles. The fraction of sp³-hybridized carbons (Fsp3) is 0.650. The summed E-state index contributed by atoms with van der Waals surface area (Å²) in [6.07, 6.45) is 11.0. The standard InChI is InChI=1S/C40H54O6/c1-11-21(3)37(41)45-31-15-13-27-17-33-29(19-39(27,9)25(31)7)23(5)35(43-33)36-24(6)30-20-40(10)26(8)32(46-38(42)22(4)12-2)16-14-28(40)18-34(30)44-36/h11-12,25-28,31-32H,13-20H2,1-10H3/b21-11-,22-12-/t25-,26-,27+,28+,31?,32?,39+,40+/m0/s1. The van der Waals surface area contributed by atoms with Gasteiger partial charge >= 0.3 is 11.9 Å². The summed E-state index contributed by atoms with van der Waals surface area (Å²) in [5, 5.41) is 0. The second-order valence-electron chi connectivity index (χ2n) is 15.6. The molecule has 2 unspecified atom stereocenters. The summed E-state index contributed by atoms with van der Waals surface area (Å²) in [4.78, 5) is 25.3. The van der Waals surface area contributed by atoms with Crippen molar-refractivity contribution >= 4 is 11.9 Å². The Bertz CT molecular complexity index is 1480. The van der Waals surface area contributed by atoms with E-state index in [0.717, 1.165) is 74.4 Å². The first-order valence-electron chi connectivity index (χ1n) is 17.6. The van der Waals surface area contributed by atoms with Crippen molar-refractivity contribution in [3.05, 3.63) is 57.1 Å². The van der Waals surface area contributed by atoms with E-state index in [1.165, 1.54) is 22.3 Å². The maximum Gasteiger partial charge on any atom is 0.333 e. The van der Waals surface area contributed by atoms with Crippen LogP contribution >= 0.6 is 0 Å². The van der Waals surface area contributed by atoms with Crippen LogP contribution in [0.2, 0.25) is 0 Å². The van der Waals surface area contributed by atoms with Crippen molar-refractivity contribution in [2.75, 3.05) is 0 Å². The molecule has 0 amide bonds. The van der Waals surface area contributed by atoms with Crippen molar-refractivity contribution in [2.45, 2.75) is 133 Å². The number of carbonyl (C=O) groups excluding carboxylic acids is 2. The fourth-order valence-electron chi connectivity index (χ4n) is 9.43. The lowest BCUT2D eigenvalue weighted by Gasteiger charge is -2.51. The van der Waals surface area contributed by atoms with Crippen molar-refractivity contribution < 1.29 is 27.9 Å². The molecule has 6 heteroatoms. The van der Waals surface area contributed by atoms with Gasteiger partial charge in [-0.05, 0) is 126 Å². The zero-order chi connectivity index (χ0) is 33.3. The third kappa shape index (κ3) is 5.13. The maximum atomic E-state index is 12.7. The predicted octanol–water partition coefficient (Wildman–Crippen LogP) is 9.21. The van der Waals surface area contributed by atoms with Crippen molar-refractivity contribution in [3.8, 4) is 11.5 Å². The van der Waals surface area contributed by atoms with Crippen LogP contribution < -0.4 is 0 Å². The predicted molar refractivity (Wildman–Crippen MR) is 179 cm³/mol. The van der Waals surface area contributed by atoms with E-state index >= 15 is 0 Å². The van der Waals surface area contributed by atoms with Crippen molar-refractivity contribution in [1.82, 2.24) is 0 Å². The molecule has 46 heavy (non-hydrogen) atoms. The Hall–Kier alpha value is -3.02. The average molecular weight is 631 g/mol. The van der Waals surface area contributed by atoms with Gasteiger partial charge in [-0.25, -0.2) is 9.59 Å². The van der Waals surface area contributed by atoms with Crippen LogP contribution in [0, 0.1) is 48.3 Å². The first-order valence-corrected chi connectivity index (χ1v) is 17.6. The molecule has 0 spiro atoms. The third-order valence-electron chi connectivity index (χ3n) is 13.6. The molecule has 2 fully saturated rings. The van der Waals surface area contributed by atoms with Crippen LogP contribution in [0.5, 0.6) is 0 Å². The fourth-order valence-corrected chi connectivity index (χ4v) is 9.43. The lowest BCUT2D eigenvalue weighted by molar-refractivity contribution is -0.157. The van der Waals surface area contributed by atoms with Gasteiger partial charge in [0.15, 0.2) is 11.5 Å². The molecule has 2 aromatic rings. The van der Waals surface area contributed by atoms with Gasteiger partial charge in [0, 0.05) is 35.1 Å². The summed E-state index contributed by atoms with van der Waals surface area (Å²) in [5.74, 6) is 5.06. The number of hydrogen-bond acceptors (Lipinski definition) is 6. The summed E-state index contributed by atoms with van der Waals surface area (Å²) < 4.78 is 25.6. The monoisotopic (exact) mass is 630 g/mol. The summed E-state index contributed by atoms with van der Waals surface area (Å²) in [5.41, 5.74) is 6.37. The number of furan rings is 2. The molecule has 0 aliphatic heterocycles. The minimum absolute atomic E-state index is 0.0231. The molecule has 0 aromatic carbocycles. The smallest absolute Gasteiger partial charge is 0.333 e. The number of esters is 2. The van der Waals surface area contributed by atoms with E-state index in [4.69, 9.17) is 18.3 Å². The van der Waals surface area contributed by atoms with Crippen LogP contribution in [0.4, 0.5) is 0 Å². The quantitative estimate of drug-likeness (QED) is 0.242. The highest BCUT2D eigenvalue weighted by atomic mass is 16.5. The Morgan fingerprint density at radius 1 is 0.696 bits per heavy atom. The van der Waals surface area contributed by atoms with Crippen LogP contribution in [0.1, 0.15) is 115 Å². The molecule has 8 atom stereocenters. The van der Waals surface area contributed by atoms with E-state index in [9.17, 15) is 9.59 Å². The van der Waals surface area contributed by atoms with E-state index in [1.807, 2.05) is 39.8 Å². The highest BCUT2D eigenvalue weighted by Gasteiger charge is 2.53. The minimum Gasteiger partial charge on any atom is -0.459 e. The molecule has 0 bridgehead atoms. The van der Waals surface area contributed by atoms with Gasteiger partial charge < -0.3 is 18.3 Å². The molecule has 250 valence electrons. The van der Waals surface area contributed by atoms with Crippen molar-refractivity contribution in [1.29, 1.82) is 0 Å². The van der Waals surface area contributed by atoms with Crippen LogP contribution in [-0.4, -0.2) is 24.1 Å². The highest BCUT2D eigenvalue weighted by Crippen LogP contribution is 2.57. The lowest BCUT2D eigenvalue weighted by atomic mass is 9.54. The molecule has 0 radical (unpaired) electrons. The third-order valence-corrected chi connectivity index (χ3v) is 13.6. The Morgan fingerprint density at radius 2 is 1.07 bits per heavy atom. The summed E-state index contributed by atoms with van der Waals surface area (Å²) in [6.45, 7) is 21.1. The van der Waals surface area contributed by atoms with E-state index < -0.39 is 0 Å². The summed E-state index contributed by atoms with van der Waals surface area (Å²) >= 11 is 0. The first-order chi connectivity index (χ1) is 21.7. The number of fused-ring (bicyclic) bond motifs is 4. The zero-order valence-corrected chi connectivity index (χ0v) is 29.7. The number of hydrogen-bond donors (Lipinski definition) is 0. The molecule has 2 heterocycles. The molecule has 0 saturated heterocycles. The molecule has 6 nitrogen and oxygen atoms in total. The normalized spacial score (nSPS) is 34.2. The van der Waals surface area contributed by atoms with Crippen LogP contribution in [0.15, 0.2) is 32.1 Å². The SMILES string of the molecule is C/C=C(/C)C(=O)OC1CC[C@@H]2Cc3oc(-c4oc5c(c4C)C[C@@]4(C)[C@H](CCC(OC(=O)/C(C)=C\C)[C@@H]4C)C5)c(C)c3C[C@]2(C)[C@H]1C. The Labute approximate surface area is 275 Å². The van der Waals surface area contributed by atoms with Crippen LogP contribution in [-0.2, 0) is 44.7 Å². The Balaban J connectivity index is 1.26. The maximum absolute atomic E-state index is 12.7. The van der Waals surface area contributed by atoms with Crippen molar-refractivity contribution in [2.24, 2.45) is 34.5 Å². The van der Waals surface area contributed by atoms with Gasteiger partial charge in [0.1, 0.15) is 23.7 Å². The summed E-state index contributed by atoms with van der Waals surface area (Å²) in [7, 11) is 0. The van der Waals surface area contributed by atoms with Crippen molar-refractivity contribution in [3.63, 3.8) is 0 Å². The lowest BCUT2D eigenvalue weighted by Crippen LogP contribution is -2.50. The van der Waals surface area contributed by atoms with Gasteiger partial charge in [0.25, 0.3) is 0 Å². The number of rotatable bonds is 5. The average Bonchev–Trinajstić information content (AvgIpc) is 3.51. The molecule has 6 rings (SSSR count). The zero-order valence-electron chi connectivity index (χ0n) is 29.7. The van der Waals surface area contributed by atoms with Gasteiger partial charge in [-0.2, -0.15) is 0 Å². The number of carbonyl (C=O) groups is 2. The van der Waals surface area contributed by atoms with Gasteiger partial charge in [-0.1, -0.05) is 39.8 Å². The van der Waals surface area contributed by atoms with E-state index in [-0.39, 0.29) is 46.8 Å². The highest BCUT2D eigenvalue weighted by molar-refractivity contribution is 5.88. The van der Waals surface area contributed by atoms with E-state index in [2.05, 4.69) is 41.5 Å². The second kappa shape index (κ2) is 11.9. The number of ether oxygens (including phenoxy) is 2. The first kappa shape index (κ1) is 32.9. The van der Waals surface area contributed by atoms with E-state index in [1.54, 1.807) is 0 Å². The molecule has 0 N–H and O–H groups in total. The minimum atomic E-state index is -0.194. The molecular formula is C40H54O6. The van der Waals surface area contributed by atoms with Gasteiger partial charge in [-0.15, -0.1) is 0 Å². The topological polar surface area (TPSA) is 78.9 Å². The van der Waals surface area contributed by atoms with Gasteiger partial charge in [-0.3, -0.25) is 0 Å². The largest absolute Gasteiger partial charge is 0.459 e. The van der Waals surface area contributed by atoms with Gasteiger partial charge in [0.2, 0.25) is 0 Å². The van der Waals surface area contributed by atoms with Crippen LogP contribution in [0.25, 0.3) is 11.5 Å². The molecule has 4 aliphatic rings. The Kier molecular flexibility index (Phi) is 8.51. The van der Waals surface area contributed by atoms with Crippen LogP contribution in [0.3, 0.4) is 0 Å². The Morgan fingerprint density at radius 3 is 1.41 bits per heavy atom. The molecule has 4 aliphatic carbocycles. The molecular weight excluding hydrogens is 576 g/mol. The van der Waals surface area contributed by atoms with Gasteiger partial charge in [0.05, 0.1) is 0 Å². The summed E-state index contributed by atoms with van der Waals surface area (Å²) in [6, 6.07) is 0. The second-order valence-corrected chi connectivity index (χ2v) is 15.6. The molecule has 2 saturated carbocycles. The number of allylic oxidation sites excluding steroid dienone is 2.